The maximum absolute atomic E-state index is 7.59. The normalized spacial score (nSPS) is 39.8. The van der Waals surface area contributed by atoms with Crippen LogP contribution < -0.4 is 0 Å². The molecule has 2 rings (SSSR count). The Kier molecular flexibility index (Phi) is 1.49. The monoisotopic (exact) mass is 139 g/mol. The van der Waals surface area contributed by atoms with Crippen molar-refractivity contribution in [3.05, 3.63) is 0 Å². The van der Waals surface area contributed by atoms with Crippen LogP contribution in [0.4, 0.5) is 0 Å². The SMILES string of the molecule is N=C1CCCC2CCOC12. The van der Waals surface area contributed by atoms with E-state index in [1.54, 1.807) is 0 Å². The van der Waals surface area contributed by atoms with E-state index >= 15 is 0 Å². The van der Waals surface area contributed by atoms with Gasteiger partial charge in [0.1, 0.15) is 0 Å². The average molecular weight is 139 g/mol. The van der Waals surface area contributed by atoms with Crippen LogP contribution in [0.25, 0.3) is 0 Å². The van der Waals surface area contributed by atoms with Gasteiger partial charge in [-0.2, -0.15) is 0 Å². The zero-order valence-electron chi connectivity index (χ0n) is 6.10. The highest BCUT2D eigenvalue weighted by Crippen LogP contribution is 2.31. The summed E-state index contributed by atoms with van der Waals surface area (Å²) in [6.45, 7) is 0.887. The van der Waals surface area contributed by atoms with E-state index in [1.807, 2.05) is 0 Å². The lowest BCUT2D eigenvalue weighted by molar-refractivity contribution is 0.131. The number of hydrogen-bond donors (Lipinski definition) is 1. The number of hydrogen-bond acceptors (Lipinski definition) is 2. The molecule has 0 aromatic heterocycles. The number of ether oxygens (including phenoxy) is 1. The summed E-state index contributed by atoms with van der Waals surface area (Å²) in [7, 11) is 0. The van der Waals surface area contributed by atoms with Gasteiger partial charge in [0.15, 0.2) is 0 Å². The van der Waals surface area contributed by atoms with Gasteiger partial charge in [-0.05, 0) is 31.6 Å². The van der Waals surface area contributed by atoms with Crippen molar-refractivity contribution in [1.29, 1.82) is 5.41 Å². The molecule has 2 aliphatic rings. The summed E-state index contributed by atoms with van der Waals surface area (Å²) in [6, 6.07) is 0. The topological polar surface area (TPSA) is 33.1 Å². The Balaban J connectivity index is 2.10. The van der Waals surface area contributed by atoms with Gasteiger partial charge in [-0.15, -0.1) is 0 Å². The summed E-state index contributed by atoms with van der Waals surface area (Å²) in [4.78, 5) is 0. The molecule has 0 aromatic rings. The molecule has 1 saturated carbocycles. The molecule has 10 heavy (non-hydrogen) atoms. The third-order valence-corrected chi connectivity index (χ3v) is 2.58. The predicted molar refractivity (Wildman–Crippen MR) is 39.4 cm³/mol. The molecule has 1 aliphatic heterocycles. The Bertz CT molecular complexity index is 155. The second kappa shape index (κ2) is 2.35. The Labute approximate surface area is 61.1 Å². The minimum absolute atomic E-state index is 0.216. The number of fused-ring (bicyclic) bond motifs is 1. The van der Waals surface area contributed by atoms with Gasteiger partial charge in [0.25, 0.3) is 0 Å². The van der Waals surface area contributed by atoms with Crippen LogP contribution in [0.15, 0.2) is 0 Å². The van der Waals surface area contributed by atoms with Crippen LogP contribution in [0, 0.1) is 11.3 Å². The van der Waals surface area contributed by atoms with E-state index in [0.29, 0.717) is 5.92 Å². The van der Waals surface area contributed by atoms with Crippen LogP contribution in [0.3, 0.4) is 0 Å². The fourth-order valence-electron chi connectivity index (χ4n) is 2.01. The predicted octanol–water partition coefficient (Wildman–Crippen LogP) is 1.60. The first-order valence-corrected chi connectivity index (χ1v) is 4.07. The van der Waals surface area contributed by atoms with Crippen molar-refractivity contribution in [1.82, 2.24) is 0 Å². The maximum atomic E-state index is 7.59. The third kappa shape index (κ3) is 0.870. The largest absolute Gasteiger partial charge is 0.372 e. The first-order valence-electron chi connectivity index (χ1n) is 4.07. The second-order valence-corrected chi connectivity index (χ2v) is 3.26. The fourth-order valence-corrected chi connectivity index (χ4v) is 2.01. The van der Waals surface area contributed by atoms with E-state index in [0.717, 1.165) is 18.7 Å². The lowest BCUT2D eigenvalue weighted by atomic mass is 9.85. The van der Waals surface area contributed by atoms with E-state index in [2.05, 4.69) is 0 Å². The van der Waals surface area contributed by atoms with Gasteiger partial charge in [-0.3, -0.25) is 0 Å². The molecule has 0 amide bonds. The maximum Gasteiger partial charge on any atom is 0.0977 e. The Morgan fingerprint density at radius 3 is 3.10 bits per heavy atom. The molecule has 2 atom stereocenters. The molecular weight excluding hydrogens is 126 g/mol. The average Bonchev–Trinajstić information content (AvgIpc) is 2.36. The molecule has 0 radical (unpaired) electrons. The molecule has 0 spiro atoms. The lowest BCUT2D eigenvalue weighted by Crippen LogP contribution is -2.29. The van der Waals surface area contributed by atoms with Crippen LogP contribution in [0.2, 0.25) is 0 Å². The van der Waals surface area contributed by atoms with E-state index in [-0.39, 0.29) is 6.10 Å². The van der Waals surface area contributed by atoms with Crippen LogP contribution in [-0.2, 0) is 4.74 Å². The van der Waals surface area contributed by atoms with Crippen LogP contribution >= 0.6 is 0 Å². The van der Waals surface area contributed by atoms with Gasteiger partial charge < -0.3 is 10.1 Å². The van der Waals surface area contributed by atoms with Crippen molar-refractivity contribution in [3.8, 4) is 0 Å². The van der Waals surface area contributed by atoms with E-state index in [4.69, 9.17) is 10.1 Å². The van der Waals surface area contributed by atoms with Crippen molar-refractivity contribution in [2.75, 3.05) is 6.61 Å². The summed E-state index contributed by atoms with van der Waals surface area (Å²) in [5.74, 6) is 0.696. The van der Waals surface area contributed by atoms with Gasteiger partial charge in [-0.25, -0.2) is 0 Å². The van der Waals surface area contributed by atoms with E-state index in [9.17, 15) is 0 Å². The van der Waals surface area contributed by atoms with Gasteiger partial charge in [0.05, 0.1) is 6.10 Å². The van der Waals surface area contributed by atoms with Crippen LogP contribution in [0.5, 0.6) is 0 Å². The van der Waals surface area contributed by atoms with E-state index in [1.165, 1.54) is 19.3 Å². The number of rotatable bonds is 0. The second-order valence-electron chi connectivity index (χ2n) is 3.26. The van der Waals surface area contributed by atoms with Gasteiger partial charge in [-0.1, -0.05) is 0 Å². The molecule has 0 aromatic carbocycles. The van der Waals surface area contributed by atoms with Gasteiger partial charge in [0, 0.05) is 12.3 Å². The molecule has 2 fully saturated rings. The van der Waals surface area contributed by atoms with E-state index < -0.39 is 0 Å². The standard InChI is InChI=1S/C8H13NO/c9-7-3-1-2-6-4-5-10-8(6)7/h6,8-9H,1-5H2. The summed E-state index contributed by atoms with van der Waals surface area (Å²) >= 11 is 0. The molecule has 2 heteroatoms. The van der Waals surface area contributed by atoms with Crippen molar-refractivity contribution >= 4 is 5.71 Å². The molecule has 1 heterocycles. The fraction of sp³-hybridized carbons (Fsp3) is 0.875. The summed E-state index contributed by atoms with van der Waals surface area (Å²) < 4.78 is 5.44. The molecular formula is C8H13NO. The number of nitrogens with one attached hydrogen (secondary N) is 1. The molecule has 1 saturated heterocycles. The molecule has 2 nitrogen and oxygen atoms in total. The quantitative estimate of drug-likeness (QED) is 0.543. The molecule has 2 unspecified atom stereocenters. The minimum Gasteiger partial charge on any atom is -0.372 e. The zero-order chi connectivity index (χ0) is 6.97. The Hall–Kier alpha value is -0.370. The highest BCUT2D eigenvalue weighted by atomic mass is 16.5. The van der Waals surface area contributed by atoms with Gasteiger partial charge in [0.2, 0.25) is 0 Å². The van der Waals surface area contributed by atoms with Crippen LogP contribution in [-0.4, -0.2) is 18.4 Å². The van der Waals surface area contributed by atoms with Crippen LogP contribution in [0.1, 0.15) is 25.7 Å². The molecule has 0 bridgehead atoms. The minimum atomic E-state index is 0.216. The first kappa shape index (κ1) is 6.35. The molecule has 1 N–H and O–H groups in total. The van der Waals surface area contributed by atoms with Crippen molar-refractivity contribution in [3.63, 3.8) is 0 Å². The highest BCUT2D eigenvalue weighted by molar-refractivity contribution is 5.87. The zero-order valence-corrected chi connectivity index (χ0v) is 6.10. The summed E-state index contributed by atoms with van der Waals surface area (Å²) in [5, 5.41) is 7.59. The van der Waals surface area contributed by atoms with Crippen molar-refractivity contribution in [2.45, 2.75) is 31.8 Å². The summed E-state index contributed by atoms with van der Waals surface area (Å²) in [6.07, 6.45) is 4.87. The summed E-state index contributed by atoms with van der Waals surface area (Å²) in [5.41, 5.74) is 0.841. The molecule has 56 valence electrons. The van der Waals surface area contributed by atoms with Crippen molar-refractivity contribution in [2.24, 2.45) is 5.92 Å². The first-order chi connectivity index (χ1) is 4.88. The smallest absolute Gasteiger partial charge is 0.0977 e. The Morgan fingerprint density at radius 2 is 2.30 bits per heavy atom. The highest BCUT2D eigenvalue weighted by Gasteiger charge is 2.33. The van der Waals surface area contributed by atoms with Gasteiger partial charge >= 0.3 is 0 Å². The van der Waals surface area contributed by atoms with Crippen molar-refractivity contribution < 1.29 is 4.74 Å². The Morgan fingerprint density at radius 1 is 1.40 bits per heavy atom. The third-order valence-electron chi connectivity index (χ3n) is 2.58. The lowest BCUT2D eigenvalue weighted by Gasteiger charge is -2.24. The molecule has 1 aliphatic carbocycles.